The first-order valence-electron chi connectivity index (χ1n) is 7.48. The quantitative estimate of drug-likeness (QED) is 0.713. The summed E-state index contributed by atoms with van der Waals surface area (Å²) in [4.78, 5) is 15.6. The van der Waals surface area contributed by atoms with Gasteiger partial charge in [0.15, 0.2) is 0 Å². The molecule has 1 aromatic carbocycles. The van der Waals surface area contributed by atoms with Gasteiger partial charge in [-0.15, -0.1) is 11.3 Å². The molecule has 0 fully saturated rings. The third-order valence-electron chi connectivity index (χ3n) is 3.51. The zero-order valence-corrected chi connectivity index (χ0v) is 14.1. The van der Waals surface area contributed by atoms with E-state index in [9.17, 15) is 4.79 Å². The molecule has 0 radical (unpaired) electrons. The summed E-state index contributed by atoms with van der Waals surface area (Å²) < 4.78 is 10.2. The van der Waals surface area contributed by atoms with Crippen molar-refractivity contribution in [2.45, 2.75) is 13.1 Å². The maximum Gasteiger partial charge on any atom is 0.322 e. The van der Waals surface area contributed by atoms with Gasteiger partial charge in [-0.3, -0.25) is 0 Å². The van der Waals surface area contributed by atoms with Gasteiger partial charge in [-0.1, -0.05) is 6.07 Å². The standard InChI is InChI=1S/C18H18N2O3S/c1-22-16-6-4-15(5-7-16)19-18(21)20(11-14-8-9-23-13-14)12-17-3-2-10-24-17/h2-10,13H,11-12H2,1H3,(H,19,21). The Bertz CT molecular complexity index is 716. The lowest BCUT2D eigenvalue weighted by Crippen LogP contribution is -2.33. The van der Waals surface area contributed by atoms with E-state index in [1.807, 2.05) is 47.8 Å². The number of furan rings is 1. The number of hydrogen-bond acceptors (Lipinski definition) is 4. The maximum atomic E-state index is 12.7. The number of methoxy groups -OCH3 is 1. The van der Waals surface area contributed by atoms with Gasteiger partial charge in [0, 0.05) is 16.1 Å². The third-order valence-corrected chi connectivity index (χ3v) is 4.37. The molecule has 3 rings (SSSR count). The first-order valence-corrected chi connectivity index (χ1v) is 8.36. The SMILES string of the molecule is COc1ccc(NC(=O)N(Cc2ccoc2)Cc2cccs2)cc1. The summed E-state index contributed by atoms with van der Waals surface area (Å²) in [5, 5.41) is 4.93. The van der Waals surface area contributed by atoms with Crippen LogP contribution in [0.4, 0.5) is 10.5 Å². The van der Waals surface area contributed by atoms with Gasteiger partial charge in [-0.05, 0) is 41.8 Å². The Morgan fingerprint density at radius 2 is 2.04 bits per heavy atom. The van der Waals surface area contributed by atoms with Crippen molar-refractivity contribution in [3.05, 3.63) is 70.8 Å². The Morgan fingerprint density at radius 3 is 2.67 bits per heavy atom. The van der Waals surface area contributed by atoms with Crippen LogP contribution in [0.2, 0.25) is 0 Å². The van der Waals surface area contributed by atoms with Gasteiger partial charge in [-0.2, -0.15) is 0 Å². The fourth-order valence-corrected chi connectivity index (χ4v) is 2.99. The zero-order chi connectivity index (χ0) is 16.8. The molecule has 0 saturated heterocycles. The molecule has 0 spiro atoms. The number of thiophene rings is 1. The second kappa shape index (κ2) is 7.70. The van der Waals surface area contributed by atoms with Crippen molar-refractivity contribution in [1.82, 2.24) is 4.90 Å². The lowest BCUT2D eigenvalue weighted by molar-refractivity contribution is 0.207. The fraction of sp³-hybridized carbons (Fsp3) is 0.167. The predicted molar refractivity (Wildman–Crippen MR) is 94.3 cm³/mol. The number of nitrogens with one attached hydrogen (secondary N) is 1. The molecule has 2 heterocycles. The van der Waals surface area contributed by atoms with Gasteiger partial charge in [0.2, 0.25) is 0 Å². The van der Waals surface area contributed by atoms with Crippen LogP contribution in [0.5, 0.6) is 5.75 Å². The topological polar surface area (TPSA) is 54.7 Å². The Kier molecular flexibility index (Phi) is 5.18. The van der Waals surface area contributed by atoms with Crippen LogP contribution in [0.25, 0.3) is 0 Å². The molecule has 3 aromatic rings. The largest absolute Gasteiger partial charge is 0.497 e. The van der Waals surface area contributed by atoms with Crippen LogP contribution in [0, 0.1) is 0 Å². The van der Waals surface area contributed by atoms with Crippen LogP contribution < -0.4 is 10.1 Å². The van der Waals surface area contributed by atoms with Crippen molar-refractivity contribution >= 4 is 23.1 Å². The number of carbonyl (C=O) groups is 1. The van der Waals surface area contributed by atoms with E-state index < -0.39 is 0 Å². The normalized spacial score (nSPS) is 10.4. The van der Waals surface area contributed by atoms with Gasteiger partial charge in [0.1, 0.15) is 5.75 Å². The van der Waals surface area contributed by atoms with E-state index in [0.717, 1.165) is 21.9 Å². The van der Waals surface area contributed by atoms with E-state index >= 15 is 0 Å². The Labute approximate surface area is 144 Å². The van der Waals surface area contributed by atoms with E-state index in [1.54, 1.807) is 35.9 Å². The molecule has 0 aliphatic rings. The summed E-state index contributed by atoms with van der Waals surface area (Å²) in [7, 11) is 1.61. The highest BCUT2D eigenvalue weighted by atomic mass is 32.1. The molecule has 0 saturated carbocycles. The van der Waals surface area contributed by atoms with Crippen molar-refractivity contribution in [2.24, 2.45) is 0 Å². The van der Waals surface area contributed by atoms with Crippen molar-refractivity contribution in [3.63, 3.8) is 0 Å². The smallest absolute Gasteiger partial charge is 0.322 e. The number of rotatable bonds is 6. The molecule has 1 N–H and O–H groups in total. The number of benzene rings is 1. The van der Waals surface area contributed by atoms with E-state index in [1.165, 1.54) is 0 Å². The predicted octanol–water partition coefficient (Wildman–Crippen LogP) is 4.58. The van der Waals surface area contributed by atoms with Crippen molar-refractivity contribution in [1.29, 1.82) is 0 Å². The van der Waals surface area contributed by atoms with Gasteiger partial charge in [-0.25, -0.2) is 4.79 Å². The monoisotopic (exact) mass is 342 g/mol. The van der Waals surface area contributed by atoms with E-state index in [0.29, 0.717) is 13.1 Å². The highest BCUT2D eigenvalue weighted by Crippen LogP contribution is 2.18. The lowest BCUT2D eigenvalue weighted by Gasteiger charge is -2.22. The van der Waals surface area contributed by atoms with Crippen molar-refractivity contribution in [3.8, 4) is 5.75 Å². The number of nitrogens with zero attached hydrogens (tertiary/aromatic N) is 1. The van der Waals surface area contributed by atoms with Crippen molar-refractivity contribution < 1.29 is 13.9 Å². The van der Waals surface area contributed by atoms with Crippen LogP contribution >= 0.6 is 11.3 Å². The number of anilines is 1. The average molecular weight is 342 g/mol. The summed E-state index contributed by atoms with van der Waals surface area (Å²) in [6.07, 6.45) is 3.27. The van der Waals surface area contributed by atoms with Crippen LogP contribution in [-0.4, -0.2) is 18.0 Å². The van der Waals surface area contributed by atoms with Crippen LogP contribution in [0.1, 0.15) is 10.4 Å². The fourth-order valence-electron chi connectivity index (χ4n) is 2.27. The molecule has 0 atom stereocenters. The molecule has 0 aliphatic carbocycles. The van der Waals surface area contributed by atoms with E-state index in [-0.39, 0.29) is 6.03 Å². The highest BCUT2D eigenvalue weighted by molar-refractivity contribution is 7.09. The minimum Gasteiger partial charge on any atom is -0.497 e. The molecular weight excluding hydrogens is 324 g/mol. The summed E-state index contributed by atoms with van der Waals surface area (Å²) in [5.74, 6) is 0.752. The summed E-state index contributed by atoms with van der Waals surface area (Å²) in [5.41, 5.74) is 1.68. The number of carbonyl (C=O) groups excluding carboxylic acids is 1. The van der Waals surface area contributed by atoms with Crippen LogP contribution in [0.15, 0.2) is 64.8 Å². The number of amides is 2. The molecule has 2 amide bonds. The number of ether oxygens (including phenoxy) is 1. The number of hydrogen-bond donors (Lipinski definition) is 1. The lowest BCUT2D eigenvalue weighted by atomic mass is 10.3. The molecule has 0 unspecified atom stereocenters. The first-order chi connectivity index (χ1) is 11.7. The van der Waals surface area contributed by atoms with Gasteiger partial charge in [0.25, 0.3) is 0 Å². The highest BCUT2D eigenvalue weighted by Gasteiger charge is 2.16. The third kappa shape index (κ3) is 4.17. The minimum absolute atomic E-state index is 0.158. The minimum atomic E-state index is -0.158. The van der Waals surface area contributed by atoms with E-state index in [4.69, 9.17) is 9.15 Å². The summed E-state index contributed by atoms with van der Waals surface area (Å²) in [6.45, 7) is 1.03. The molecule has 2 aromatic heterocycles. The molecule has 0 aliphatic heterocycles. The molecular formula is C18H18N2O3S. The van der Waals surface area contributed by atoms with Gasteiger partial charge >= 0.3 is 6.03 Å². The van der Waals surface area contributed by atoms with Crippen molar-refractivity contribution in [2.75, 3.05) is 12.4 Å². The molecule has 0 bridgehead atoms. The van der Waals surface area contributed by atoms with Gasteiger partial charge < -0.3 is 19.4 Å². The van der Waals surface area contributed by atoms with Gasteiger partial charge in [0.05, 0.1) is 32.7 Å². The average Bonchev–Trinajstić information content (AvgIpc) is 3.29. The summed E-state index contributed by atoms with van der Waals surface area (Å²) in [6, 6.07) is 13.0. The second-order valence-electron chi connectivity index (χ2n) is 5.23. The second-order valence-corrected chi connectivity index (χ2v) is 6.26. The summed E-state index contributed by atoms with van der Waals surface area (Å²) >= 11 is 1.63. The number of urea groups is 1. The first kappa shape index (κ1) is 16.1. The Hall–Kier alpha value is -2.73. The molecule has 6 heteroatoms. The molecule has 124 valence electrons. The molecule has 24 heavy (non-hydrogen) atoms. The van der Waals surface area contributed by atoms with E-state index in [2.05, 4.69) is 5.32 Å². The Morgan fingerprint density at radius 1 is 1.21 bits per heavy atom. The maximum absolute atomic E-state index is 12.7. The van der Waals surface area contributed by atoms with Crippen LogP contribution in [0.3, 0.4) is 0 Å². The zero-order valence-electron chi connectivity index (χ0n) is 13.3. The Balaban J connectivity index is 1.71. The molecule has 5 nitrogen and oxygen atoms in total. The van der Waals surface area contributed by atoms with Crippen LogP contribution in [-0.2, 0) is 13.1 Å².